The quantitative estimate of drug-likeness (QED) is 0.142. The van der Waals surface area contributed by atoms with Crippen LogP contribution in [0.15, 0.2) is 93.5 Å². The van der Waals surface area contributed by atoms with Gasteiger partial charge in [0.1, 0.15) is 83.0 Å². The maximum Gasteiger partial charge on any atom is 0.172 e. The molecule has 302 valence electrons. The van der Waals surface area contributed by atoms with Crippen molar-refractivity contribution in [3.05, 3.63) is 134 Å². The van der Waals surface area contributed by atoms with Crippen LogP contribution in [0.25, 0.3) is 45.2 Å². The fourth-order valence-corrected chi connectivity index (χ4v) is 10.4. The third-order valence-corrected chi connectivity index (χ3v) is 14.1. The zero-order valence-electron chi connectivity index (χ0n) is 33.8. The van der Waals surface area contributed by atoms with Crippen molar-refractivity contribution in [3.8, 4) is 70.4 Å². The summed E-state index contributed by atoms with van der Waals surface area (Å²) in [6.45, 7) is 6.90. The van der Waals surface area contributed by atoms with Crippen LogP contribution in [0.2, 0.25) is 0 Å². The fourth-order valence-electron chi connectivity index (χ4n) is 6.49. The van der Waals surface area contributed by atoms with E-state index in [-0.39, 0.29) is 33.8 Å². The Morgan fingerprint density at radius 3 is 1.17 bits per heavy atom. The normalized spacial score (nSPS) is 15.1. The van der Waals surface area contributed by atoms with Gasteiger partial charge in [-0.2, -0.15) is 52.6 Å². The Labute approximate surface area is 383 Å². The highest BCUT2D eigenvalue weighted by Crippen LogP contribution is 2.44. The monoisotopic (exact) mass is 900 g/mol. The van der Waals surface area contributed by atoms with Crippen LogP contribution in [-0.2, 0) is 9.47 Å². The van der Waals surface area contributed by atoms with E-state index in [1.165, 1.54) is 45.3 Å². The topological polar surface area (TPSA) is 256 Å². The minimum absolute atomic E-state index is 0.0633. The molecular weight excluding hydrogens is 877 g/mol. The second-order valence-electron chi connectivity index (χ2n) is 14.3. The highest BCUT2D eigenvalue weighted by atomic mass is 32.1. The number of thiophene rings is 4. The first-order valence-corrected chi connectivity index (χ1v) is 21.7. The van der Waals surface area contributed by atoms with Crippen molar-refractivity contribution in [1.29, 1.82) is 52.6 Å². The lowest BCUT2D eigenvalue weighted by atomic mass is 9.94. The molecular formula is C48H24N10O2S4. The van der Waals surface area contributed by atoms with Gasteiger partial charge in [0.15, 0.2) is 22.7 Å². The molecule has 12 nitrogen and oxygen atoms in total. The number of nitrogens with zero attached hydrogens (tertiary/aromatic N) is 10. The Kier molecular flexibility index (Phi) is 12.9. The number of nitriles is 10. The number of hydrogen-bond acceptors (Lipinski definition) is 16. The van der Waals surface area contributed by atoms with Crippen LogP contribution in [-0.4, -0.2) is 11.2 Å². The van der Waals surface area contributed by atoms with Gasteiger partial charge in [-0.3, -0.25) is 0 Å². The summed E-state index contributed by atoms with van der Waals surface area (Å²) >= 11 is 5.18. The largest absolute Gasteiger partial charge is 0.480 e. The van der Waals surface area contributed by atoms with Crippen LogP contribution in [0.4, 0.5) is 0 Å². The smallest absolute Gasteiger partial charge is 0.172 e. The van der Waals surface area contributed by atoms with E-state index in [0.717, 1.165) is 9.75 Å². The molecule has 16 heteroatoms. The molecule has 0 aliphatic carbocycles. The predicted octanol–water partition coefficient (Wildman–Crippen LogP) is 11.4. The molecule has 0 spiro atoms. The van der Waals surface area contributed by atoms with Gasteiger partial charge in [-0.25, -0.2) is 0 Å². The molecule has 4 aromatic rings. The molecule has 0 N–H and O–H groups in total. The van der Waals surface area contributed by atoms with Crippen LogP contribution < -0.4 is 0 Å². The first-order chi connectivity index (χ1) is 30.7. The van der Waals surface area contributed by atoms with E-state index >= 15 is 0 Å². The Bertz CT molecular complexity index is 3140. The lowest BCUT2D eigenvalue weighted by molar-refractivity contribution is 0.0951. The van der Waals surface area contributed by atoms with E-state index in [1.807, 2.05) is 12.1 Å². The fraction of sp³-hybridized carbons (Fsp3) is 0.125. The van der Waals surface area contributed by atoms with Gasteiger partial charge in [0.05, 0.1) is 22.3 Å². The van der Waals surface area contributed by atoms with Crippen molar-refractivity contribution in [1.82, 2.24) is 0 Å². The SMILES string of the molecule is CC1(C)OC(=C(C#N)C#N)C(C#N)=C1/C=C/c1ccc(/C(C#N)=C/c2sc(-c3cc(C#N)c(/C=C(\C#N)c4ccc(/C=C/C5=C(C#N)C(=C(C#N)C#N)OC5(C)C)s4)s3)cc2C#N)s1. The summed E-state index contributed by atoms with van der Waals surface area (Å²) in [5.74, 6) is -0.127. The molecule has 0 saturated carbocycles. The van der Waals surface area contributed by atoms with E-state index < -0.39 is 11.2 Å². The van der Waals surface area contributed by atoms with Crippen LogP contribution in [0.5, 0.6) is 0 Å². The van der Waals surface area contributed by atoms with Crippen molar-refractivity contribution in [2.24, 2.45) is 0 Å². The van der Waals surface area contributed by atoms with Crippen molar-refractivity contribution in [3.63, 3.8) is 0 Å². The molecule has 0 atom stereocenters. The van der Waals surface area contributed by atoms with Crippen LogP contribution in [0.1, 0.15) is 68.1 Å². The Morgan fingerprint density at radius 1 is 0.484 bits per heavy atom. The van der Waals surface area contributed by atoms with Gasteiger partial charge in [0.25, 0.3) is 0 Å². The number of rotatable bonds is 9. The minimum atomic E-state index is -0.986. The van der Waals surface area contributed by atoms with Gasteiger partial charge < -0.3 is 9.47 Å². The van der Waals surface area contributed by atoms with E-state index in [1.54, 1.807) is 125 Å². The van der Waals surface area contributed by atoms with E-state index in [2.05, 4.69) is 24.3 Å². The zero-order chi connectivity index (χ0) is 46.3. The molecule has 6 heterocycles. The van der Waals surface area contributed by atoms with Gasteiger partial charge in [-0.1, -0.05) is 12.2 Å². The summed E-state index contributed by atoms with van der Waals surface area (Å²) in [6, 6.07) is 30.6. The predicted molar refractivity (Wildman–Crippen MR) is 243 cm³/mol. The summed E-state index contributed by atoms with van der Waals surface area (Å²) < 4.78 is 11.7. The Hall–Kier alpha value is -8.78. The second kappa shape index (κ2) is 18.5. The number of allylic oxidation sites excluding steroid dienone is 6. The molecule has 64 heavy (non-hydrogen) atoms. The standard InChI is InChI=1S/C48H24N10O2S4/c1-47(2)37(35(25-57)45(59-47)31(21-53)22-54)9-5-33-7-11-39(61-33)27(17-49)13-41-29(19-51)15-43(63-41)44-16-30(20-52)42(64-44)14-28(18-50)40-12-8-34(62-40)6-10-38-36(26-58)46(32(23-55)24-56)60-48(38,3)4/h5-16H,1-4H3/b9-5+,10-6+,27-13+,28-14+. The molecule has 0 unspecified atom stereocenters. The minimum Gasteiger partial charge on any atom is -0.480 e. The van der Waals surface area contributed by atoms with E-state index in [9.17, 15) is 52.6 Å². The molecule has 2 aliphatic rings. The molecule has 0 amide bonds. The molecule has 0 saturated heterocycles. The molecule has 0 fully saturated rings. The lowest BCUT2D eigenvalue weighted by Gasteiger charge is -2.20. The third-order valence-electron chi connectivity index (χ3n) is 9.54. The average molecular weight is 901 g/mol. The molecule has 0 radical (unpaired) electrons. The summed E-state index contributed by atoms with van der Waals surface area (Å²) in [6.07, 6.45) is 10.2. The number of hydrogen-bond donors (Lipinski definition) is 0. The van der Waals surface area contributed by atoms with Crippen molar-refractivity contribution >= 4 is 80.8 Å². The van der Waals surface area contributed by atoms with Gasteiger partial charge in [0, 0.05) is 50.2 Å². The third kappa shape index (κ3) is 8.69. The van der Waals surface area contributed by atoms with Crippen molar-refractivity contribution in [2.75, 3.05) is 0 Å². The summed E-state index contributed by atoms with van der Waals surface area (Å²) in [4.78, 5) is 5.17. The highest BCUT2D eigenvalue weighted by molar-refractivity contribution is 7.23. The Balaban J connectivity index is 1.26. The maximum absolute atomic E-state index is 10.2. The first-order valence-electron chi connectivity index (χ1n) is 18.4. The van der Waals surface area contributed by atoms with Gasteiger partial charge in [-0.15, -0.1) is 45.3 Å². The Morgan fingerprint density at radius 2 is 0.859 bits per heavy atom. The first kappa shape index (κ1) is 44.8. The molecule has 6 rings (SSSR count). The molecule has 0 aromatic carbocycles. The maximum atomic E-state index is 10.2. The van der Waals surface area contributed by atoms with Gasteiger partial charge in [0.2, 0.25) is 0 Å². The highest BCUT2D eigenvalue weighted by Gasteiger charge is 2.40. The van der Waals surface area contributed by atoms with E-state index in [0.29, 0.717) is 62.7 Å². The van der Waals surface area contributed by atoms with Gasteiger partial charge in [-0.05, 0) is 88.4 Å². The summed E-state index contributed by atoms with van der Waals surface area (Å²) in [5.41, 5.74) is -0.136. The molecule has 4 aromatic heterocycles. The summed E-state index contributed by atoms with van der Waals surface area (Å²) in [5, 5.41) is 97.8. The van der Waals surface area contributed by atoms with Crippen molar-refractivity contribution < 1.29 is 9.47 Å². The number of ether oxygens (including phenoxy) is 2. The molecule has 2 aliphatic heterocycles. The van der Waals surface area contributed by atoms with Crippen LogP contribution in [0.3, 0.4) is 0 Å². The van der Waals surface area contributed by atoms with E-state index in [4.69, 9.17) is 9.47 Å². The van der Waals surface area contributed by atoms with Crippen LogP contribution >= 0.6 is 45.3 Å². The molecule has 0 bridgehead atoms. The average Bonchev–Trinajstić information content (AvgIpc) is 4.15. The zero-order valence-corrected chi connectivity index (χ0v) is 37.1. The summed E-state index contributed by atoms with van der Waals surface area (Å²) in [7, 11) is 0. The van der Waals surface area contributed by atoms with Gasteiger partial charge >= 0.3 is 0 Å². The van der Waals surface area contributed by atoms with Crippen LogP contribution in [0, 0.1) is 113 Å². The second-order valence-corrected chi connectivity index (χ2v) is 18.7. The lowest BCUT2D eigenvalue weighted by Crippen LogP contribution is -2.20. The van der Waals surface area contributed by atoms with Crippen molar-refractivity contribution in [2.45, 2.75) is 38.9 Å².